The molecule has 0 spiro atoms. The molecule has 0 aliphatic carbocycles. The summed E-state index contributed by atoms with van der Waals surface area (Å²) in [6.07, 6.45) is 3.84. The number of hydrogen-bond donors (Lipinski definition) is 0. The molecule has 0 N–H and O–H groups in total. The maximum Gasteiger partial charge on any atom is 0.168 e. The van der Waals surface area contributed by atoms with E-state index in [9.17, 15) is 0 Å². The molecule has 0 radical (unpaired) electrons. The van der Waals surface area contributed by atoms with Crippen LogP contribution in [0.25, 0.3) is 61.3 Å². The van der Waals surface area contributed by atoms with Crippen LogP contribution in [0.5, 0.6) is 0 Å². The van der Waals surface area contributed by atoms with Gasteiger partial charge in [-0.3, -0.25) is 13.7 Å². The lowest BCUT2D eigenvalue weighted by Gasteiger charge is -2.41. The molecule has 7 heteroatoms. The van der Waals surface area contributed by atoms with Gasteiger partial charge in [0.05, 0.1) is 38.8 Å². The fourth-order valence-electron chi connectivity index (χ4n) is 8.31. The van der Waals surface area contributed by atoms with E-state index >= 15 is 0 Å². The normalized spacial score (nSPS) is 12.1. The van der Waals surface area contributed by atoms with Gasteiger partial charge in [0, 0.05) is 31.6 Å². The van der Waals surface area contributed by atoms with Crippen molar-refractivity contribution in [2.75, 3.05) is 0 Å². The van der Waals surface area contributed by atoms with Crippen molar-refractivity contribution in [1.82, 2.24) is 28.7 Å². The summed E-state index contributed by atoms with van der Waals surface area (Å²) in [5.41, 5.74) is 11.1. The van der Waals surface area contributed by atoms with Crippen molar-refractivity contribution >= 4 is 43.1 Å². The molecule has 11 rings (SSSR count). The van der Waals surface area contributed by atoms with E-state index in [4.69, 9.17) is 15.0 Å². The fourth-order valence-corrected chi connectivity index (χ4v) is 12.2. The van der Waals surface area contributed by atoms with Crippen LogP contribution in [0.3, 0.4) is 0 Å². The van der Waals surface area contributed by atoms with Crippen molar-refractivity contribution in [3.63, 3.8) is 0 Å². The Kier molecular flexibility index (Phi) is 8.12. The third-order valence-corrected chi connectivity index (χ3v) is 14.7. The van der Waals surface area contributed by atoms with Crippen LogP contribution in [0.15, 0.2) is 239 Å². The fraction of sp³-hybridized carbons (Fsp3) is 0. The molecule has 3 aromatic heterocycles. The Morgan fingerprint density at radius 1 is 0.379 bits per heavy atom. The van der Waals surface area contributed by atoms with Gasteiger partial charge in [0.2, 0.25) is 0 Å². The number of benzene rings is 8. The summed E-state index contributed by atoms with van der Waals surface area (Å²) in [5.74, 6) is 0. The van der Waals surface area contributed by atoms with Crippen molar-refractivity contribution in [3.05, 3.63) is 219 Å². The largest absolute Gasteiger partial charge is 0.299 e. The predicted molar refractivity (Wildman–Crippen MR) is 236 cm³/mol. The van der Waals surface area contributed by atoms with Crippen LogP contribution >= 0.6 is 10.0 Å². The first-order valence-corrected chi connectivity index (χ1v) is 21.0. The van der Waals surface area contributed by atoms with Crippen LogP contribution in [0.1, 0.15) is 0 Å². The van der Waals surface area contributed by atoms with Crippen LogP contribution in [-0.4, -0.2) is 28.7 Å². The third kappa shape index (κ3) is 5.39. The zero-order valence-electron chi connectivity index (χ0n) is 31.4. The van der Waals surface area contributed by atoms with Crippen molar-refractivity contribution in [2.45, 2.75) is 19.8 Å². The molecule has 0 aliphatic heterocycles. The highest BCUT2D eigenvalue weighted by atomic mass is 32.3. The number of rotatable bonds is 8. The molecule has 0 saturated carbocycles. The van der Waals surface area contributed by atoms with Gasteiger partial charge >= 0.3 is 0 Å². The van der Waals surface area contributed by atoms with Gasteiger partial charge in [-0.2, -0.15) is 0 Å². The molecule has 6 nitrogen and oxygen atoms in total. The van der Waals surface area contributed by atoms with E-state index in [0.717, 1.165) is 66.4 Å². The summed E-state index contributed by atoms with van der Waals surface area (Å²) in [4.78, 5) is 18.9. The average Bonchev–Trinajstić information content (AvgIpc) is 4.04. The molecule has 276 valence electrons. The average molecular weight is 765 g/mol. The summed E-state index contributed by atoms with van der Waals surface area (Å²) in [7, 11) is -2.16. The molecule has 3 heterocycles. The van der Waals surface area contributed by atoms with E-state index in [1.165, 1.54) is 14.7 Å². The maximum absolute atomic E-state index is 5.69. The second-order valence-electron chi connectivity index (χ2n) is 14.2. The number of hydrogen-bond acceptors (Lipinski definition) is 3. The number of fused-ring (bicyclic) bond motifs is 3. The lowest BCUT2D eigenvalue weighted by Crippen LogP contribution is -2.12. The third-order valence-electron chi connectivity index (χ3n) is 10.9. The predicted octanol–water partition coefficient (Wildman–Crippen LogP) is 12.7. The van der Waals surface area contributed by atoms with Crippen LogP contribution in [0, 0.1) is 0 Å². The van der Waals surface area contributed by atoms with Gasteiger partial charge in [-0.05, 0) is 103 Å². The first-order valence-electron chi connectivity index (χ1n) is 19.3. The van der Waals surface area contributed by atoms with E-state index in [2.05, 4.69) is 208 Å². The highest BCUT2D eigenvalue weighted by molar-refractivity contribution is 8.33. The molecule has 11 aromatic rings. The Morgan fingerprint density at radius 3 is 1.34 bits per heavy atom. The second-order valence-corrected chi connectivity index (χ2v) is 17.2. The molecule has 0 fully saturated rings. The molecule has 0 saturated heterocycles. The van der Waals surface area contributed by atoms with Gasteiger partial charge in [-0.1, -0.05) is 119 Å². The lowest BCUT2D eigenvalue weighted by molar-refractivity contribution is 0.899. The van der Waals surface area contributed by atoms with Crippen LogP contribution in [0.2, 0.25) is 0 Å². The van der Waals surface area contributed by atoms with Crippen LogP contribution in [-0.2, 0) is 0 Å². The zero-order valence-corrected chi connectivity index (χ0v) is 32.2. The topological polar surface area (TPSA) is 53.5 Å². The summed E-state index contributed by atoms with van der Waals surface area (Å²) >= 11 is 0. The standard InChI is InChI=1S/C51H36N6S/c1-4-18-40(19-5-1)58(41-20-6-2-7-21-41,42-22-8-3-9-23-42)51-54-46-27-13-17-31-50(46)57(51)47-28-14-10-24-43(47)37-32-38(55-35-52-44-25-11-15-29-48(44)55)34-39(33-37)56-36-53-45-26-12-16-30-49(45)56/h1-36H. The number of aromatic nitrogens is 6. The zero-order chi connectivity index (χ0) is 38.5. The Labute approximate surface area is 337 Å². The molecule has 8 aromatic carbocycles. The van der Waals surface area contributed by atoms with E-state index in [1.54, 1.807) is 0 Å². The summed E-state index contributed by atoms with van der Waals surface area (Å²) in [6, 6.07) is 73.4. The molecular weight excluding hydrogens is 729 g/mol. The Morgan fingerprint density at radius 2 is 0.810 bits per heavy atom. The molecule has 58 heavy (non-hydrogen) atoms. The minimum atomic E-state index is -2.16. The smallest absolute Gasteiger partial charge is 0.168 e. The van der Waals surface area contributed by atoms with Crippen molar-refractivity contribution in [2.24, 2.45) is 0 Å². The van der Waals surface area contributed by atoms with Gasteiger partial charge in [0.25, 0.3) is 0 Å². The maximum atomic E-state index is 5.69. The highest BCUT2D eigenvalue weighted by Gasteiger charge is 2.38. The number of para-hydroxylation sites is 7. The minimum absolute atomic E-state index is 0.941. The van der Waals surface area contributed by atoms with E-state index in [-0.39, 0.29) is 0 Å². The van der Waals surface area contributed by atoms with Crippen molar-refractivity contribution in [3.8, 4) is 28.2 Å². The highest BCUT2D eigenvalue weighted by Crippen LogP contribution is 2.73. The quantitative estimate of drug-likeness (QED) is 0.155. The van der Waals surface area contributed by atoms with Gasteiger partial charge in [-0.25, -0.2) is 15.0 Å². The molecule has 0 aliphatic rings. The van der Waals surface area contributed by atoms with E-state index in [0.29, 0.717) is 0 Å². The summed E-state index contributed by atoms with van der Waals surface area (Å²) in [6.45, 7) is 0. The van der Waals surface area contributed by atoms with E-state index in [1.807, 2.05) is 24.8 Å². The minimum Gasteiger partial charge on any atom is -0.299 e. The lowest BCUT2D eigenvalue weighted by atomic mass is 10.0. The van der Waals surface area contributed by atoms with Crippen molar-refractivity contribution in [1.29, 1.82) is 0 Å². The van der Waals surface area contributed by atoms with Crippen LogP contribution < -0.4 is 0 Å². The summed E-state index contributed by atoms with van der Waals surface area (Å²) < 4.78 is 6.79. The first-order chi connectivity index (χ1) is 28.8. The van der Waals surface area contributed by atoms with Gasteiger partial charge in [0.15, 0.2) is 5.16 Å². The number of imidazole rings is 3. The Hall–Kier alpha value is -7.48. The van der Waals surface area contributed by atoms with Gasteiger partial charge in [0.1, 0.15) is 12.7 Å². The van der Waals surface area contributed by atoms with Gasteiger partial charge in [-0.15, -0.1) is 0 Å². The number of nitrogens with zero attached hydrogens (tertiary/aromatic N) is 6. The molecule has 0 atom stereocenters. The Balaban J connectivity index is 1.23. The van der Waals surface area contributed by atoms with Gasteiger partial charge < -0.3 is 0 Å². The molecular formula is C51H36N6S. The van der Waals surface area contributed by atoms with E-state index < -0.39 is 10.0 Å². The summed E-state index contributed by atoms with van der Waals surface area (Å²) in [5, 5.41) is 0.988. The molecule has 0 amide bonds. The first kappa shape index (κ1) is 33.8. The second kappa shape index (κ2) is 13.9. The Bertz CT molecular complexity index is 3050. The molecule has 0 bridgehead atoms. The SMILES string of the molecule is c1ccc(S(c2ccccc2)(c2ccccc2)c2nc3ccccc3n2-c2ccccc2-c2cc(-n3cnc4ccccc43)cc(-n3cnc4ccccc43)c2)cc1. The van der Waals surface area contributed by atoms with Crippen molar-refractivity contribution < 1.29 is 0 Å². The molecule has 0 unspecified atom stereocenters. The van der Waals surface area contributed by atoms with Crippen LogP contribution in [0.4, 0.5) is 0 Å². The monoisotopic (exact) mass is 764 g/mol.